The third kappa shape index (κ3) is 1.97. The van der Waals surface area contributed by atoms with Gasteiger partial charge < -0.3 is 14.6 Å². The van der Waals surface area contributed by atoms with E-state index in [0.717, 1.165) is 4.90 Å². The molecule has 2 heterocycles. The minimum atomic E-state index is -1.89. The molecule has 0 radical (unpaired) electrons. The van der Waals surface area contributed by atoms with Gasteiger partial charge in [0.05, 0.1) is 30.0 Å². The molecule has 0 aliphatic carbocycles. The maximum absolute atomic E-state index is 13.2. The van der Waals surface area contributed by atoms with Crippen molar-refractivity contribution in [3.8, 4) is 5.75 Å². The van der Waals surface area contributed by atoms with E-state index in [0.29, 0.717) is 17.1 Å². The number of hydrogen-bond donors (Lipinski definition) is 0. The van der Waals surface area contributed by atoms with Crippen molar-refractivity contribution in [2.75, 3.05) is 16.9 Å². The van der Waals surface area contributed by atoms with Gasteiger partial charge in [0.1, 0.15) is 5.75 Å². The topological polar surface area (TPSA) is 90.0 Å². The van der Waals surface area contributed by atoms with Crippen LogP contribution in [0.4, 0.5) is 11.4 Å². The maximum Gasteiger partial charge on any atom is 0.262 e. The minimum Gasteiger partial charge on any atom is -0.545 e. The molecule has 4 rings (SSSR count). The molecule has 0 bridgehead atoms. The van der Waals surface area contributed by atoms with Gasteiger partial charge in [-0.05, 0) is 24.3 Å². The first-order valence-electron chi connectivity index (χ1n) is 8.13. The number of hydrogen-bond acceptors (Lipinski definition) is 5. The fourth-order valence-corrected chi connectivity index (χ4v) is 3.76. The minimum absolute atomic E-state index is 0.00998. The smallest absolute Gasteiger partial charge is 0.262 e. The second-order valence-corrected chi connectivity index (χ2v) is 6.19. The van der Waals surface area contributed by atoms with Gasteiger partial charge in [-0.3, -0.25) is 19.4 Å². The lowest BCUT2D eigenvalue weighted by molar-refractivity contribution is -0.312. The zero-order valence-electron chi connectivity index (χ0n) is 14.0. The first-order chi connectivity index (χ1) is 12.5. The number of methoxy groups -OCH3 is 1. The third-order valence-corrected chi connectivity index (χ3v) is 4.89. The molecule has 26 heavy (non-hydrogen) atoms. The second kappa shape index (κ2) is 5.59. The first kappa shape index (κ1) is 16.1. The number of aliphatic carboxylic acids is 1. The summed E-state index contributed by atoms with van der Waals surface area (Å²) in [5, 5.41) is 12.3. The second-order valence-electron chi connectivity index (χ2n) is 6.19. The number of fused-ring (bicyclic) bond motifs is 3. The van der Waals surface area contributed by atoms with E-state index in [1.165, 1.54) is 12.0 Å². The van der Waals surface area contributed by atoms with Crippen LogP contribution in [0.25, 0.3) is 0 Å². The van der Waals surface area contributed by atoms with Crippen molar-refractivity contribution in [3.05, 3.63) is 54.1 Å². The molecule has 0 saturated carbocycles. The van der Waals surface area contributed by atoms with Crippen LogP contribution < -0.4 is 19.6 Å². The van der Waals surface area contributed by atoms with Gasteiger partial charge in [-0.25, -0.2) is 0 Å². The summed E-state index contributed by atoms with van der Waals surface area (Å²) < 4.78 is 5.19. The monoisotopic (exact) mass is 351 g/mol. The summed E-state index contributed by atoms with van der Waals surface area (Å²) in [6.07, 6.45) is -0.0402. The average molecular weight is 351 g/mol. The van der Waals surface area contributed by atoms with E-state index in [4.69, 9.17) is 4.74 Å². The molecule has 2 aliphatic heterocycles. The fourth-order valence-electron chi connectivity index (χ4n) is 3.76. The lowest BCUT2D eigenvalue weighted by Gasteiger charge is -2.50. The van der Waals surface area contributed by atoms with Gasteiger partial charge in [0, 0.05) is 18.9 Å². The molecule has 2 amide bonds. The van der Waals surface area contributed by atoms with Gasteiger partial charge in [-0.2, -0.15) is 0 Å². The molecule has 132 valence electrons. The van der Waals surface area contributed by atoms with Gasteiger partial charge in [0.2, 0.25) is 5.91 Å². The lowest BCUT2D eigenvalue weighted by Crippen LogP contribution is -2.71. The summed E-state index contributed by atoms with van der Waals surface area (Å²) in [6.45, 7) is 0. The van der Waals surface area contributed by atoms with E-state index in [1.54, 1.807) is 48.5 Å². The normalized spacial score (nSPS) is 21.4. The van der Waals surface area contributed by atoms with Crippen LogP contribution in [0.15, 0.2) is 48.5 Å². The average Bonchev–Trinajstić information content (AvgIpc) is 3.01. The highest BCUT2D eigenvalue weighted by Gasteiger charge is 2.57. The van der Waals surface area contributed by atoms with Crippen LogP contribution in [0.2, 0.25) is 0 Å². The molecular weight excluding hydrogens is 336 g/mol. The van der Waals surface area contributed by atoms with Crippen molar-refractivity contribution in [2.24, 2.45) is 0 Å². The Morgan fingerprint density at radius 1 is 1.12 bits per heavy atom. The van der Waals surface area contributed by atoms with Crippen molar-refractivity contribution in [1.29, 1.82) is 0 Å². The third-order valence-electron chi connectivity index (χ3n) is 4.89. The Hall–Kier alpha value is -3.35. The summed E-state index contributed by atoms with van der Waals surface area (Å²) in [4.78, 5) is 40.4. The maximum atomic E-state index is 13.2. The van der Waals surface area contributed by atoms with Crippen molar-refractivity contribution in [2.45, 2.75) is 18.5 Å². The number of nitrogens with zero attached hydrogens (tertiary/aromatic N) is 2. The van der Waals surface area contributed by atoms with E-state index in [1.807, 2.05) is 0 Å². The molecule has 0 aromatic heterocycles. The molecule has 2 aliphatic rings. The molecule has 1 fully saturated rings. The first-order valence-corrected chi connectivity index (χ1v) is 8.13. The Bertz CT molecular complexity index is 941. The molecule has 1 atom stereocenters. The number of carbonyl (C=O) groups is 3. The van der Waals surface area contributed by atoms with Gasteiger partial charge >= 0.3 is 0 Å². The molecule has 0 spiro atoms. The number of benzene rings is 2. The molecule has 0 N–H and O–H groups in total. The molecule has 7 nitrogen and oxygen atoms in total. The highest BCUT2D eigenvalue weighted by Crippen LogP contribution is 2.46. The number of carboxylic acid groups (broad SMARTS) is 1. The summed E-state index contributed by atoms with van der Waals surface area (Å²) in [5.41, 5.74) is -1.01. The van der Waals surface area contributed by atoms with Crippen molar-refractivity contribution < 1.29 is 24.2 Å². The lowest BCUT2D eigenvalue weighted by atomic mass is 9.95. The predicted molar refractivity (Wildman–Crippen MR) is 90.7 cm³/mol. The SMILES string of the molecule is COc1cccc(N2C(=O)c3ccccc3N3C(=O)CC[C@@]23C(=O)[O-])c1. The molecule has 7 heteroatoms. The Labute approximate surface area is 149 Å². The van der Waals surface area contributed by atoms with Crippen LogP contribution >= 0.6 is 0 Å². The molecule has 2 aromatic carbocycles. The number of amides is 2. The summed E-state index contributed by atoms with van der Waals surface area (Å²) in [5.74, 6) is -1.88. The van der Waals surface area contributed by atoms with Gasteiger partial charge in [0.25, 0.3) is 5.91 Å². The standard InChI is InChI=1S/C19H16N2O5/c1-26-13-6-4-5-12(11-13)20-17(23)14-7-2-3-8-15(14)21-16(22)9-10-19(20,21)18(24)25/h2-8,11H,9-10H2,1H3,(H,24,25)/p-1/t19-/m1/s1. The molecule has 1 saturated heterocycles. The van der Waals surface area contributed by atoms with E-state index >= 15 is 0 Å². The van der Waals surface area contributed by atoms with Crippen molar-refractivity contribution in [1.82, 2.24) is 0 Å². The van der Waals surface area contributed by atoms with E-state index < -0.39 is 17.5 Å². The molecule has 2 aromatic rings. The molecular formula is C19H15N2O5-. The largest absolute Gasteiger partial charge is 0.545 e. The van der Waals surface area contributed by atoms with Crippen LogP contribution in [0.5, 0.6) is 5.75 Å². The van der Waals surface area contributed by atoms with Gasteiger partial charge in [0.15, 0.2) is 5.66 Å². The number of ether oxygens (including phenoxy) is 1. The Balaban J connectivity index is 2.01. The predicted octanol–water partition coefficient (Wildman–Crippen LogP) is 0.929. The zero-order valence-corrected chi connectivity index (χ0v) is 14.0. The van der Waals surface area contributed by atoms with E-state index in [-0.39, 0.29) is 24.3 Å². The summed E-state index contributed by atoms with van der Waals surface area (Å²) >= 11 is 0. The van der Waals surface area contributed by atoms with Crippen LogP contribution in [-0.4, -0.2) is 30.6 Å². The summed E-state index contributed by atoms with van der Waals surface area (Å²) in [6, 6.07) is 13.0. The van der Waals surface area contributed by atoms with Crippen molar-refractivity contribution >= 4 is 29.2 Å². The zero-order chi connectivity index (χ0) is 18.5. The Morgan fingerprint density at radius 3 is 2.62 bits per heavy atom. The number of rotatable bonds is 3. The van der Waals surface area contributed by atoms with E-state index in [2.05, 4.69) is 0 Å². The fraction of sp³-hybridized carbons (Fsp3) is 0.211. The quantitative estimate of drug-likeness (QED) is 0.821. The van der Waals surface area contributed by atoms with Crippen LogP contribution in [0, 0.1) is 0 Å². The molecule has 0 unspecified atom stereocenters. The van der Waals surface area contributed by atoms with Crippen LogP contribution in [0.1, 0.15) is 23.2 Å². The highest BCUT2D eigenvalue weighted by atomic mass is 16.5. The number of carboxylic acids is 1. The highest BCUT2D eigenvalue weighted by molar-refractivity contribution is 6.22. The van der Waals surface area contributed by atoms with Gasteiger partial charge in [-0.15, -0.1) is 0 Å². The van der Waals surface area contributed by atoms with Gasteiger partial charge in [-0.1, -0.05) is 18.2 Å². The van der Waals surface area contributed by atoms with E-state index in [9.17, 15) is 19.5 Å². The Morgan fingerprint density at radius 2 is 1.88 bits per heavy atom. The number of para-hydroxylation sites is 1. The number of anilines is 2. The van der Waals surface area contributed by atoms with Crippen LogP contribution in [0.3, 0.4) is 0 Å². The van der Waals surface area contributed by atoms with Crippen LogP contribution in [-0.2, 0) is 9.59 Å². The summed E-state index contributed by atoms with van der Waals surface area (Å²) in [7, 11) is 1.48. The number of carbonyl (C=O) groups excluding carboxylic acids is 3. The van der Waals surface area contributed by atoms with Crippen molar-refractivity contribution in [3.63, 3.8) is 0 Å². The Kier molecular flexibility index (Phi) is 3.47.